The van der Waals surface area contributed by atoms with Gasteiger partial charge in [0, 0.05) is 42.1 Å². The number of benzene rings is 4. The van der Waals surface area contributed by atoms with Crippen LogP contribution in [0.4, 0.5) is 5.69 Å². The van der Waals surface area contributed by atoms with Gasteiger partial charge in [-0.25, -0.2) is 0 Å². The van der Waals surface area contributed by atoms with Gasteiger partial charge in [0.2, 0.25) is 0 Å². The van der Waals surface area contributed by atoms with Gasteiger partial charge in [-0.2, -0.15) is 37.0 Å². The molecule has 0 bridgehead atoms. The van der Waals surface area contributed by atoms with E-state index in [2.05, 4.69) is 117 Å². The number of aromatic nitrogens is 3. The van der Waals surface area contributed by atoms with Gasteiger partial charge in [0.25, 0.3) is 0 Å². The Morgan fingerprint density at radius 2 is 1.46 bits per heavy atom. The third-order valence-electron chi connectivity index (χ3n) is 8.59. The van der Waals surface area contributed by atoms with Crippen molar-refractivity contribution < 1.29 is 20.1 Å². The van der Waals surface area contributed by atoms with E-state index in [-0.39, 0.29) is 20.1 Å². The molecule has 0 fully saturated rings. The molecule has 0 unspecified atom stereocenters. The van der Waals surface area contributed by atoms with Crippen molar-refractivity contribution in [3.05, 3.63) is 134 Å². The molecule has 0 amide bonds. The predicted octanol–water partition coefficient (Wildman–Crippen LogP) is 9.67. The Kier molecular flexibility index (Phi) is 8.78. The minimum atomic E-state index is 0. The van der Waals surface area contributed by atoms with Gasteiger partial charge in [0.15, 0.2) is 0 Å². The smallest absolute Gasteiger partial charge is 0.510 e. The van der Waals surface area contributed by atoms with Crippen molar-refractivity contribution >= 4 is 43.8 Å². The maximum absolute atomic E-state index is 5.26. The van der Waals surface area contributed by atoms with Crippen LogP contribution < -0.4 is 4.90 Å². The van der Waals surface area contributed by atoms with E-state index in [1.807, 2.05) is 66.2 Å². The zero-order valence-electron chi connectivity index (χ0n) is 27.1. The standard InChI is InChI=1S/C30H28N3.C10H10N2.Ir/c1-18(2)22-11-8-12-23(19(3)4)29(22)27-17-33-28-14-21-16-32(5)15-20(21)13-26(28)24-9-6-7-10-25(24)30(33)31-27;1-11-7-8-12(9-11)10-5-3-2-4-6-10;/h6-9,11-19H,1-5H3;2-5,7-9H,1H3;/q-1;-2;+3. The summed E-state index contributed by atoms with van der Waals surface area (Å²) < 4.78 is 4.40. The molecule has 46 heavy (non-hydrogen) atoms. The molecule has 1 aliphatic rings. The normalized spacial score (nSPS) is 13.0. The number of anilines is 1. The van der Waals surface area contributed by atoms with Gasteiger partial charge in [0.05, 0.1) is 11.3 Å². The van der Waals surface area contributed by atoms with E-state index in [9.17, 15) is 0 Å². The van der Waals surface area contributed by atoms with E-state index in [0.717, 1.165) is 22.4 Å². The summed E-state index contributed by atoms with van der Waals surface area (Å²) in [5.41, 5.74) is 8.25. The van der Waals surface area contributed by atoms with E-state index < -0.39 is 0 Å². The average Bonchev–Trinajstić information content (AvgIpc) is 3.78. The molecule has 0 spiro atoms. The van der Waals surface area contributed by atoms with E-state index in [4.69, 9.17) is 4.98 Å². The third kappa shape index (κ3) is 5.72. The Morgan fingerprint density at radius 3 is 2.11 bits per heavy atom. The molecule has 0 saturated heterocycles. The van der Waals surface area contributed by atoms with Gasteiger partial charge < -0.3 is 18.8 Å². The van der Waals surface area contributed by atoms with Crippen molar-refractivity contribution in [2.45, 2.75) is 39.5 Å². The topological polar surface area (TPSA) is 28.7 Å². The number of rotatable bonds is 4. The zero-order chi connectivity index (χ0) is 31.2. The Hall–Kier alpha value is -4.38. The molecule has 1 aliphatic heterocycles. The SMILES string of the molecule is CC(C)c1cccc(C(C)C)c1-c1cn2c3cc4cn(C)cc4cc3c3ccc[c-]c3c2n1.CN1C=CN(c2[c-]cccc2)[CH-]1.[Ir+3]. The minimum absolute atomic E-state index is 0. The van der Waals surface area contributed by atoms with Crippen LogP contribution in [0.15, 0.2) is 104 Å². The summed E-state index contributed by atoms with van der Waals surface area (Å²) in [4.78, 5) is 9.29. The Bertz CT molecular complexity index is 2160. The van der Waals surface area contributed by atoms with Crippen LogP contribution >= 0.6 is 0 Å². The molecule has 6 heteroatoms. The van der Waals surface area contributed by atoms with E-state index in [1.54, 1.807) is 0 Å². The second-order valence-electron chi connectivity index (χ2n) is 12.6. The van der Waals surface area contributed by atoms with Crippen molar-refractivity contribution in [2.75, 3.05) is 11.9 Å². The molecule has 0 atom stereocenters. The van der Waals surface area contributed by atoms with Crippen LogP contribution in [0, 0.1) is 18.8 Å². The first-order chi connectivity index (χ1) is 21.8. The number of hydrogen-bond donors (Lipinski definition) is 0. The molecule has 8 rings (SSSR count). The first kappa shape index (κ1) is 31.6. The molecule has 5 nitrogen and oxygen atoms in total. The fraction of sp³-hybridized carbons (Fsp3) is 0.200. The van der Waals surface area contributed by atoms with Crippen LogP contribution in [0.5, 0.6) is 0 Å². The first-order valence-electron chi connectivity index (χ1n) is 15.6. The number of aryl methyl sites for hydroxylation is 1. The molecule has 4 aromatic carbocycles. The Balaban J connectivity index is 0.000000241. The summed E-state index contributed by atoms with van der Waals surface area (Å²) >= 11 is 0. The van der Waals surface area contributed by atoms with E-state index >= 15 is 0 Å². The molecule has 0 N–H and O–H groups in total. The molecule has 0 saturated carbocycles. The Morgan fingerprint density at radius 1 is 0.739 bits per heavy atom. The van der Waals surface area contributed by atoms with Crippen LogP contribution in [0.2, 0.25) is 0 Å². The maximum atomic E-state index is 5.26. The maximum Gasteiger partial charge on any atom is 3.00 e. The van der Waals surface area contributed by atoms with Crippen molar-refractivity contribution in [1.29, 1.82) is 0 Å². The molecule has 232 valence electrons. The van der Waals surface area contributed by atoms with Crippen molar-refractivity contribution in [3.63, 3.8) is 0 Å². The first-order valence-corrected chi connectivity index (χ1v) is 15.6. The molecular weight excluding hydrogens is 743 g/mol. The van der Waals surface area contributed by atoms with Gasteiger partial charge in [-0.1, -0.05) is 57.3 Å². The quantitative estimate of drug-likeness (QED) is 0.132. The molecule has 4 heterocycles. The molecular formula is C40H38IrN5. The number of nitrogens with zero attached hydrogens (tertiary/aromatic N) is 5. The van der Waals surface area contributed by atoms with E-state index in [0.29, 0.717) is 11.8 Å². The Labute approximate surface area is 285 Å². The van der Waals surface area contributed by atoms with E-state index in [1.165, 1.54) is 43.8 Å². The monoisotopic (exact) mass is 781 g/mol. The van der Waals surface area contributed by atoms with Gasteiger partial charge in [-0.15, -0.1) is 35.3 Å². The summed E-state index contributed by atoms with van der Waals surface area (Å²) in [7, 11) is 4.08. The average molecular weight is 781 g/mol. The van der Waals surface area contributed by atoms with Crippen LogP contribution in [0.3, 0.4) is 0 Å². The van der Waals surface area contributed by atoms with Crippen molar-refractivity contribution in [3.8, 4) is 11.3 Å². The number of para-hydroxylation sites is 1. The van der Waals surface area contributed by atoms with Crippen molar-refractivity contribution in [2.24, 2.45) is 7.05 Å². The summed E-state index contributed by atoms with van der Waals surface area (Å²) in [6, 6.07) is 32.1. The number of fused-ring (bicyclic) bond motifs is 7. The van der Waals surface area contributed by atoms with Gasteiger partial charge in [0.1, 0.15) is 0 Å². The number of hydrogen-bond acceptors (Lipinski definition) is 3. The van der Waals surface area contributed by atoms with Crippen LogP contribution in [0.25, 0.3) is 49.4 Å². The number of pyridine rings is 1. The van der Waals surface area contributed by atoms with Crippen LogP contribution in [-0.4, -0.2) is 25.9 Å². The summed E-state index contributed by atoms with van der Waals surface area (Å²) in [6.07, 6.45) is 10.6. The summed E-state index contributed by atoms with van der Waals surface area (Å²) in [6.45, 7) is 11.1. The molecule has 3 aromatic heterocycles. The second-order valence-corrected chi connectivity index (χ2v) is 12.6. The summed E-state index contributed by atoms with van der Waals surface area (Å²) in [5.74, 6) is 0.847. The van der Waals surface area contributed by atoms with Crippen molar-refractivity contribution in [1.82, 2.24) is 18.9 Å². The van der Waals surface area contributed by atoms with Gasteiger partial charge in [-0.05, 0) is 59.2 Å². The second kappa shape index (κ2) is 12.8. The van der Waals surface area contributed by atoms with Gasteiger partial charge >= 0.3 is 20.1 Å². The fourth-order valence-electron chi connectivity index (χ4n) is 6.43. The third-order valence-corrected chi connectivity index (χ3v) is 8.59. The van der Waals surface area contributed by atoms with Crippen LogP contribution in [0.1, 0.15) is 50.7 Å². The predicted molar refractivity (Wildman–Crippen MR) is 188 cm³/mol. The minimum Gasteiger partial charge on any atom is -0.510 e. The largest absolute Gasteiger partial charge is 3.00 e. The fourth-order valence-corrected chi connectivity index (χ4v) is 6.43. The van der Waals surface area contributed by atoms with Crippen LogP contribution in [-0.2, 0) is 27.2 Å². The number of imidazole rings is 1. The summed E-state index contributed by atoms with van der Waals surface area (Å²) in [5, 5.41) is 6.00. The molecule has 0 aliphatic carbocycles. The zero-order valence-corrected chi connectivity index (χ0v) is 29.5. The van der Waals surface area contributed by atoms with Gasteiger partial charge in [-0.3, -0.25) is 4.98 Å². The molecule has 7 aromatic rings. The molecule has 0 radical (unpaired) electrons.